The summed E-state index contributed by atoms with van der Waals surface area (Å²) in [7, 11) is 1.61. The van der Waals surface area contributed by atoms with Crippen molar-refractivity contribution >= 4 is 11.6 Å². The first-order valence-corrected chi connectivity index (χ1v) is 10.0. The van der Waals surface area contributed by atoms with Gasteiger partial charge >= 0.3 is 5.97 Å². The number of methoxy groups -OCH3 is 1. The van der Waals surface area contributed by atoms with E-state index in [4.69, 9.17) is 13.9 Å². The van der Waals surface area contributed by atoms with Crippen LogP contribution in [0.3, 0.4) is 0 Å². The molecule has 0 atom stereocenters. The van der Waals surface area contributed by atoms with E-state index in [0.29, 0.717) is 18.0 Å². The molecule has 3 heterocycles. The van der Waals surface area contributed by atoms with Gasteiger partial charge in [0.2, 0.25) is 5.89 Å². The van der Waals surface area contributed by atoms with Crippen LogP contribution in [0.1, 0.15) is 34.8 Å². The minimum Gasteiger partial charge on any atom is -0.497 e. The molecule has 0 aliphatic rings. The van der Waals surface area contributed by atoms with Crippen LogP contribution in [0.2, 0.25) is 0 Å². The molecule has 0 fully saturated rings. The number of fused-ring (bicyclic) bond motifs is 1. The van der Waals surface area contributed by atoms with Gasteiger partial charge in [0.25, 0.3) is 0 Å². The van der Waals surface area contributed by atoms with Crippen LogP contribution in [-0.2, 0) is 22.6 Å². The number of carbonyl (C=O) groups is 1. The van der Waals surface area contributed by atoms with Crippen molar-refractivity contribution in [2.75, 3.05) is 7.11 Å². The lowest BCUT2D eigenvalue weighted by Crippen LogP contribution is -2.10. The maximum Gasteiger partial charge on any atom is 0.306 e. The van der Waals surface area contributed by atoms with Crippen molar-refractivity contribution in [3.05, 3.63) is 64.9 Å². The third kappa shape index (κ3) is 4.42. The molecule has 0 saturated carbocycles. The summed E-state index contributed by atoms with van der Waals surface area (Å²) in [6, 6.07) is 9.32. The van der Waals surface area contributed by atoms with E-state index in [1.807, 2.05) is 55.6 Å². The number of rotatable bonds is 7. The molecule has 0 radical (unpaired) electrons. The van der Waals surface area contributed by atoms with E-state index in [0.717, 1.165) is 39.6 Å². The summed E-state index contributed by atoms with van der Waals surface area (Å²) in [6.07, 6.45) is 2.28. The first kappa shape index (κ1) is 20.6. The van der Waals surface area contributed by atoms with E-state index < -0.39 is 0 Å². The Kier molecular flexibility index (Phi) is 5.70. The Morgan fingerprint density at radius 1 is 1.13 bits per heavy atom. The highest BCUT2D eigenvalue weighted by atomic mass is 16.5. The Morgan fingerprint density at radius 2 is 1.90 bits per heavy atom. The number of hydrogen-bond acceptors (Lipinski definition) is 7. The highest BCUT2D eigenvalue weighted by molar-refractivity contribution is 5.70. The van der Waals surface area contributed by atoms with Crippen LogP contribution in [0.25, 0.3) is 17.1 Å². The molecule has 0 spiro atoms. The molecule has 0 saturated heterocycles. The number of esters is 1. The second-order valence-electron chi connectivity index (χ2n) is 7.35. The van der Waals surface area contributed by atoms with E-state index in [9.17, 15) is 4.79 Å². The molecule has 3 aromatic heterocycles. The molecular formula is C23H24N4O4. The number of benzene rings is 1. The predicted molar refractivity (Wildman–Crippen MR) is 114 cm³/mol. The van der Waals surface area contributed by atoms with Crippen LogP contribution in [0.5, 0.6) is 5.75 Å². The summed E-state index contributed by atoms with van der Waals surface area (Å²) in [5.74, 6) is 0.922. The van der Waals surface area contributed by atoms with E-state index in [1.54, 1.807) is 7.11 Å². The van der Waals surface area contributed by atoms with Gasteiger partial charge in [-0.1, -0.05) is 0 Å². The zero-order valence-electron chi connectivity index (χ0n) is 18.0. The fourth-order valence-electron chi connectivity index (χ4n) is 3.50. The number of hydrogen-bond donors (Lipinski definition) is 0. The molecular weight excluding hydrogens is 396 g/mol. The Balaban J connectivity index is 1.35. The van der Waals surface area contributed by atoms with Crippen LogP contribution in [0.15, 0.2) is 41.0 Å². The molecule has 0 N–H and O–H groups in total. The highest BCUT2D eigenvalue weighted by Crippen LogP contribution is 2.22. The second-order valence-corrected chi connectivity index (χ2v) is 7.35. The summed E-state index contributed by atoms with van der Waals surface area (Å²) in [4.78, 5) is 21.3. The van der Waals surface area contributed by atoms with Crippen LogP contribution in [0.4, 0.5) is 0 Å². The number of carbonyl (C=O) groups excluding carboxylic acids is 1. The maximum atomic E-state index is 12.3. The van der Waals surface area contributed by atoms with Crippen molar-refractivity contribution in [3.63, 3.8) is 0 Å². The molecule has 1 aromatic carbocycles. The van der Waals surface area contributed by atoms with Crippen molar-refractivity contribution in [2.45, 2.75) is 40.2 Å². The van der Waals surface area contributed by atoms with Gasteiger partial charge in [-0.3, -0.25) is 4.79 Å². The van der Waals surface area contributed by atoms with Gasteiger partial charge in [0.05, 0.1) is 12.8 Å². The average Bonchev–Trinajstić information content (AvgIpc) is 3.38. The first-order valence-electron chi connectivity index (χ1n) is 10.0. The molecule has 0 aliphatic heterocycles. The van der Waals surface area contributed by atoms with Gasteiger partial charge in [0.15, 0.2) is 5.65 Å². The quantitative estimate of drug-likeness (QED) is 0.417. The third-order valence-corrected chi connectivity index (χ3v) is 5.14. The number of oxazole rings is 1. The minimum atomic E-state index is -0.301. The summed E-state index contributed by atoms with van der Waals surface area (Å²) < 4.78 is 17.8. The van der Waals surface area contributed by atoms with E-state index in [1.165, 1.54) is 6.26 Å². The zero-order valence-corrected chi connectivity index (χ0v) is 18.0. The fourth-order valence-corrected chi connectivity index (χ4v) is 3.50. The summed E-state index contributed by atoms with van der Waals surface area (Å²) in [5.41, 5.74) is 6.01. The number of aryl methyl sites for hydroxylation is 3. The third-order valence-electron chi connectivity index (χ3n) is 5.14. The van der Waals surface area contributed by atoms with Crippen LogP contribution in [-0.4, -0.2) is 32.7 Å². The van der Waals surface area contributed by atoms with Gasteiger partial charge in [-0.2, -0.15) is 5.10 Å². The lowest BCUT2D eigenvalue weighted by Gasteiger charge is -2.10. The van der Waals surface area contributed by atoms with Gasteiger partial charge in [0, 0.05) is 29.4 Å². The molecule has 8 heteroatoms. The van der Waals surface area contributed by atoms with Crippen molar-refractivity contribution < 1.29 is 18.7 Å². The summed E-state index contributed by atoms with van der Waals surface area (Å²) in [6.45, 7) is 5.94. The molecule has 0 bridgehead atoms. The molecule has 8 nitrogen and oxygen atoms in total. The Bertz CT molecular complexity index is 1220. The second kappa shape index (κ2) is 8.59. The molecule has 4 aromatic rings. The molecule has 0 aliphatic carbocycles. The van der Waals surface area contributed by atoms with Gasteiger partial charge in [0.1, 0.15) is 24.3 Å². The lowest BCUT2D eigenvalue weighted by molar-refractivity contribution is -0.145. The van der Waals surface area contributed by atoms with Gasteiger partial charge in [-0.25, -0.2) is 14.5 Å². The Labute approximate surface area is 179 Å². The molecule has 160 valence electrons. The molecule has 4 rings (SSSR count). The SMILES string of the molecule is COc1ccc(-c2nc(COC(=O)CCc3c(C)nc4cc(C)nn4c3C)co2)cc1. The van der Waals surface area contributed by atoms with Gasteiger partial charge in [-0.15, -0.1) is 0 Å². The first-order chi connectivity index (χ1) is 14.9. The van der Waals surface area contributed by atoms with Crippen molar-refractivity contribution in [1.29, 1.82) is 0 Å². The topological polar surface area (TPSA) is 91.8 Å². The normalized spacial score (nSPS) is 11.1. The van der Waals surface area contributed by atoms with Crippen molar-refractivity contribution in [2.24, 2.45) is 0 Å². The standard InChI is InChI=1S/C23H24N4O4/c1-14-11-21-24-15(2)20(16(3)27(21)26-14)9-10-22(28)30-12-18-13-31-23(25-18)17-5-7-19(29-4)8-6-17/h5-8,11,13H,9-10,12H2,1-4H3. The van der Waals surface area contributed by atoms with E-state index in [-0.39, 0.29) is 19.0 Å². The molecule has 0 unspecified atom stereocenters. The maximum absolute atomic E-state index is 12.3. The van der Waals surface area contributed by atoms with Crippen molar-refractivity contribution in [3.8, 4) is 17.2 Å². The fraction of sp³-hybridized carbons (Fsp3) is 0.304. The van der Waals surface area contributed by atoms with Gasteiger partial charge < -0.3 is 13.9 Å². The van der Waals surface area contributed by atoms with E-state index in [2.05, 4.69) is 15.1 Å². The van der Waals surface area contributed by atoms with Gasteiger partial charge in [-0.05, 0) is 57.0 Å². The molecule has 31 heavy (non-hydrogen) atoms. The van der Waals surface area contributed by atoms with Crippen LogP contribution in [0, 0.1) is 20.8 Å². The lowest BCUT2D eigenvalue weighted by atomic mass is 10.1. The Morgan fingerprint density at radius 3 is 2.65 bits per heavy atom. The summed E-state index contributed by atoms with van der Waals surface area (Å²) >= 11 is 0. The monoisotopic (exact) mass is 420 g/mol. The predicted octanol–water partition coefficient (Wildman–Crippen LogP) is 3.99. The highest BCUT2D eigenvalue weighted by Gasteiger charge is 2.14. The number of ether oxygens (including phenoxy) is 2. The number of nitrogens with zero attached hydrogens (tertiary/aromatic N) is 4. The van der Waals surface area contributed by atoms with Crippen molar-refractivity contribution in [1.82, 2.24) is 19.6 Å². The smallest absolute Gasteiger partial charge is 0.306 e. The Hall–Kier alpha value is -3.68. The largest absolute Gasteiger partial charge is 0.497 e. The number of aromatic nitrogens is 4. The zero-order chi connectivity index (χ0) is 22.0. The van der Waals surface area contributed by atoms with Crippen LogP contribution < -0.4 is 4.74 Å². The average molecular weight is 420 g/mol. The molecule has 0 amide bonds. The van der Waals surface area contributed by atoms with E-state index >= 15 is 0 Å². The summed E-state index contributed by atoms with van der Waals surface area (Å²) in [5, 5.41) is 4.47. The minimum absolute atomic E-state index is 0.0616. The van der Waals surface area contributed by atoms with Crippen LogP contribution >= 0.6 is 0 Å².